The van der Waals surface area contributed by atoms with E-state index in [0.717, 1.165) is 68.7 Å². The van der Waals surface area contributed by atoms with E-state index < -0.39 is 0 Å². The van der Waals surface area contributed by atoms with Crippen LogP contribution in [0.25, 0.3) is 0 Å². The average Bonchev–Trinajstić information content (AvgIpc) is 3.14. The third-order valence-corrected chi connectivity index (χ3v) is 4.98. The van der Waals surface area contributed by atoms with Crippen molar-refractivity contribution in [2.75, 3.05) is 46.4 Å². The number of benzene rings is 1. The second kappa shape index (κ2) is 10.2. The number of nitrogens with zero attached hydrogens (tertiary/aromatic N) is 4. The molecule has 8 nitrogen and oxygen atoms in total. The van der Waals surface area contributed by atoms with Crippen molar-refractivity contribution in [2.24, 2.45) is 4.99 Å². The van der Waals surface area contributed by atoms with Gasteiger partial charge in [-0.25, -0.2) is 0 Å². The molecule has 0 atom stereocenters. The van der Waals surface area contributed by atoms with Crippen LogP contribution in [0, 0.1) is 6.92 Å². The number of aromatic nitrogens is 1. The second-order valence-electron chi connectivity index (χ2n) is 7.18. The summed E-state index contributed by atoms with van der Waals surface area (Å²) in [6, 6.07) is 7.43. The molecule has 1 fully saturated rings. The van der Waals surface area contributed by atoms with Crippen molar-refractivity contribution < 1.29 is 14.4 Å². The highest BCUT2D eigenvalue weighted by molar-refractivity contribution is 5.80. The Morgan fingerprint density at radius 1 is 1.28 bits per heavy atom. The Balaban J connectivity index is 1.52. The van der Waals surface area contributed by atoms with E-state index in [0.29, 0.717) is 12.3 Å². The predicted molar refractivity (Wildman–Crippen MR) is 112 cm³/mol. The molecule has 2 N–H and O–H groups in total. The zero-order valence-electron chi connectivity index (χ0n) is 17.5. The van der Waals surface area contributed by atoms with E-state index in [1.807, 2.05) is 25.1 Å². The molecule has 0 spiro atoms. The Morgan fingerprint density at radius 2 is 2.07 bits per heavy atom. The zero-order chi connectivity index (χ0) is 20.6. The molecule has 158 valence electrons. The van der Waals surface area contributed by atoms with Gasteiger partial charge in [0.1, 0.15) is 5.76 Å². The van der Waals surface area contributed by atoms with Crippen LogP contribution in [0.4, 0.5) is 0 Å². The first-order valence-electron chi connectivity index (χ1n) is 10.1. The summed E-state index contributed by atoms with van der Waals surface area (Å²) in [4.78, 5) is 9.50. The molecular weight excluding hydrogens is 370 g/mol. The SMILES string of the molecule is CCNC(=NCCc1ccc(O)c(OC)c1)N1CCN(Cc2cc(C)on2)CC1. The van der Waals surface area contributed by atoms with Gasteiger partial charge in [0.25, 0.3) is 0 Å². The van der Waals surface area contributed by atoms with Crippen LogP contribution in [0.1, 0.15) is 23.9 Å². The van der Waals surface area contributed by atoms with E-state index >= 15 is 0 Å². The molecule has 1 saturated heterocycles. The molecule has 8 heteroatoms. The summed E-state index contributed by atoms with van der Waals surface area (Å²) in [6.07, 6.45) is 0.789. The van der Waals surface area contributed by atoms with Gasteiger partial charge in [-0.15, -0.1) is 0 Å². The van der Waals surface area contributed by atoms with E-state index in [-0.39, 0.29) is 5.75 Å². The number of rotatable bonds is 7. The smallest absolute Gasteiger partial charge is 0.194 e. The Kier molecular flexibility index (Phi) is 7.35. The molecule has 1 aromatic heterocycles. The van der Waals surface area contributed by atoms with Crippen molar-refractivity contribution in [1.82, 2.24) is 20.3 Å². The van der Waals surface area contributed by atoms with Gasteiger partial charge in [-0.2, -0.15) is 0 Å². The van der Waals surface area contributed by atoms with Gasteiger partial charge < -0.3 is 24.6 Å². The molecule has 0 saturated carbocycles. The van der Waals surface area contributed by atoms with Crippen LogP contribution >= 0.6 is 0 Å². The number of aryl methyl sites for hydroxylation is 1. The van der Waals surface area contributed by atoms with E-state index in [2.05, 4.69) is 27.2 Å². The number of guanidine groups is 1. The number of aliphatic imine (C=N–C) groups is 1. The van der Waals surface area contributed by atoms with Crippen LogP contribution in [0.5, 0.6) is 11.5 Å². The highest BCUT2D eigenvalue weighted by Crippen LogP contribution is 2.26. The summed E-state index contributed by atoms with van der Waals surface area (Å²) >= 11 is 0. The Hall–Kier alpha value is -2.74. The summed E-state index contributed by atoms with van der Waals surface area (Å²) in [6.45, 7) is 10.1. The number of hydrogen-bond donors (Lipinski definition) is 2. The topological polar surface area (TPSA) is 86.4 Å². The quantitative estimate of drug-likeness (QED) is 0.542. The molecule has 0 radical (unpaired) electrons. The van der Waals surface area contributed by atoms with Crippen molar-refractivity contribution in [1.29, 1.82) is 0 Å². The Labute approximate surface area is 172 Å². The maximum absolute atomic E-state index is 9.72. The largest absolute Gasteiger partial charge is 0.504 e. The minimum atomic E-state index is 0.159. The third-order valence-electron chi connectivity index (χ3n) is 4.98. The number of phenols is 1. The van der Waals surface area contributed by atoms with Crippen molar-refractivity contribution in [3.63, 3.8) is 0 Å². The van der Waals surface area contributed by atoms with Crippen molar-refractivity contribution in [3.8, 4) is 11.5 Å². The second-order valence-corrected chi connectivity index (χ2v) is 7.18. The molecular formula is C21H31N5O3. The number of aromatic hydroxyl groups is 1. The van der Waals surface area contributed by atoms with Crippen molar-refractivity contribution in [2.45, 2.75) is 26.8 Å². The van der Waals surface area contributed by atoms with Gasteiger partial charge >= 0.3 is 0 Å². The summed E-state index contributed by atoms with van der Waals surface area (Å²) in [5, 5.41) is 17.2. The van der Waals surface area contributed by atoms with Gasteiger partial charge in [0.05, 0.1) is 12.8 Å². The van der Waals surface area contributed by atoms with Gasteiger partial charge in [0, 0.05) is 51.9 Å². The molecule has 1 aliphatic heterocycles. The maximum Gasteiger partial charge on any atom is 0.194 e. The van der Waals surface area contributed by atoms with E-state index in [4.69, 9.17) is 14.3 Å². The number of piperazine rings is 1. The number of hydrogen-bond acceptors (Lipinski definition) is 6. The molecule has 0 amide bonds. The van der Waals surface area contributed by atoms with Crippen LogP contribution < -0.4 is 10.1 Å². The fourth-order valence-corrected chi connectivity index (χ4v) is 3.43. The van der Waals surface area contributed by atoms with Gasteiger partial charge in [0.2, 0.25) is 0 Å². The summed E-state index contributed by atoms with van der Waals surface area (Å²) in [5.74, 6) is 2.46. The fourth-order valence-electron chi connectivity index (χ4n) is 3.43. The minimum absolute atomic E-state index is 0.159. The van der Waals surface area contributed by atoms with Crippen molar-refractivity contribution >= 4 is 5.96 Å². The van der Waals surface area contributed by atoms with Gasteiger partial charge in [0.15, 0.2) is 17.5 Å². The van der Waals surface area contributed by atoms with E-state index in [1.165, 1.54) is 0 Å². The van der Waals surface area contributed by atoms with Crippen LogP contribution in [-0.2, 0) is 13.0 Å². The van der Waals surface area contributed by atoms with Crippen LogP contribution in [0.2, 0.25) is 0 Å². The molecule has 0 unspecified atom stereocenters. The fraction of sp³-hybridized carbons (Fsp3) is 0.524. The highest BCUT2D eigenvalue weighted by atomic mass is 16.5. The number of ether oxygens (including phenoxy) is 1. The normalized spacial score (nSPS) is 15.6. The molecule has 0 bridgehead atoms. The molecule has 0 aliphatic carbocycles. The molecule has 3 rings (SSSR count). The molecule has 29 heavy (non-hydrogen) atoms. The third kappa shape index (κ3) is 5.87. The van der Waals surface area contributed by atoms with Gasteiger partial charge in [-0.1, -0.05) is 11.2 Å². The van der Waals surface area contributed by atoms with E-state index in [9.17, 15) is 5.11 Å². The van der Waals surface area contributed by atoms with Crippen LogP contribution in [-0.4, -0.2) is 72.4 Å². The first kappa shape index (κ1) is 21.0. The zero-order valence-corrected chi connectivity index (χ0v) is 17.5. The maximum atomic E-state index is 9.72. The lowest BCUT2D eigenvalue weighted by Gasteiger charge is -2.36. The van der Waals surface area contributed by atoms with Crippen LogP contribution in [0.15, 0.2) is 33.8 Å². The average molecular weight is 402 g/mol. The number of methoxy groups -OCH3 is 1. The first-order valence-corrected chi connectivity index (χ1v) is 10.1. The number of nitrogens with one attached hydrogen (secondary N) is 1. The molecule has 1 aromatic carbocycles. The van der Waals surface area contributed by atoms with Gasteiger partial charge in [-0.05, 0) is 38.0 Å². The lowest BCUT2D eigenvalue weighted by atomic mass is 10.1. The van der Waals surface area contributed by atoms with Gasteiger partial charge in [-0.3, -0.25) is 9.89 Å². The van der Waals surface area contributed by atoms with Crippen molar-refractivity contribution in [3.05, 3.63) is 41.3 Å². The Morgan fingerprint density at radius 3 is 2.72 bits per heavy atom. The summed E-state index contributed by atoms with van der Waals surface area (Å²) in [7, 11) is 1.56. The summed E-state index contributed by atoms with van der Waals surface area (Å²) < 4.78 is 10.3. The minimum Gasteiger partial charge on any atom is -0.504 e. The molecule has 2 aromatic rings. The lowest BCUT2D eigenvalue weighted by molar-refractivity contribution is 0.169. The molecule has 2 heterocycles. The Bertz CT molecular complexity index is 812. The highest BCUT2D eigenvalue weighted by Gasteiger charge is 2.20. The predicted octanol–water partition coefficient (Wildman–Crippen LogP) is 2.02. The first-order chi connectivity index (χ1) is 14.1. The standard InChI is InChI=1S/C21H31N5O3/c1-4-22-21(23-8-7-17-5-6-19(27)20(14-17)28-3)26-11-9-25(10-12-26)15-18-13-16(2)29-24-18/h5-6,13-14,27H,4,7-12,15H2,1-3H3,(H,22,23). The monoisotopic (exact) mass is 401 g/mol. The lowest BCUT2D eigenvalue weighted by Crippen LogP contribution is -2.52. The number of phenolic OH excluding ortho intramolecular Hbond substituents is 1. The van der Waals surface area contributed by atoms with Crippen LogP contribution in [0.3, 0.4) is 0 Å². The summed E-state index contributed by atoms with van der Waals surface area (Å²) in [5.41, 5.74) is 2.08. The van der Waals surface area contributed by atoms with E-state index in [1.54, 1.807) is 13.2 Å². The molecule has 1 aliphatic rings.